The molecule has 7 nitrogen and oxygen atoms in total. The molecule has 0 saturated heterocycles. The highest BCUT2D eigenvalue weighted by molar-refractivity contribution is 5.44. The molecule has 0 amide bonds. The van der Waals surface area contributed by atoms with Crippen molar-refractivity contribution in [3.63, 3.8) is 0 Å². The molecule has 0 aliphatic carbocycles. The number of hydrogen-bond donors (Lipinski definition) is 3. The van der Waals surface area contributed by atoms with Crippen molar-refractivity contribution in [2.24, 2.45) is 0 Å². The van der Waals surface area contributed by atoms with Crippen molar-refractivity contribution in [2.45, 2.75) is 6.04 Å². The lowest BCUT2D eigenvalue weighted by molar-refractivity contribution is 0.339. The van der Waals surface area contributed by atoms with E-state index in [1.54, 1.807) is 0 Å². The van der Waals surface area contributed by atoms with E-state index in [2.05, 4.69) is 20.5 Å². The number of aromatic nitrogens is 3. The third-order valence-electron chi connectivity index (χ3n) is 2.72. The summed E-state index contributed by atoms with van der Waals surface area (Å²) in [6.07, 6.45) is 0. The number of aromatic amines is 2. The van der Waals surface area contributed by atoms with Crippen LogP contribution in [0.15, 0.2) is 33.9 Å². The number of benzene rings is 1. The highest BCUT2D eigenvalue weighted by Gasteiger charge is 2.24. The van der Waals surface area contributed by atoms with Crippen LogP contribution in [0, 0.1) is 0 Å². The molecule has 0 radical (unpaired) electrons. The fourth-order valence-electron chi connectivity index (χ4n) is 1.89. The van der Waals surface area contributed by atoms with Crippen LogP contribution in [-0.4, -0.2) is 21.8 Å². The van der Waals surface area contributed by atoms with Crippen molar-refractivity contribution in [3.8, 4) is 5.75 Å². The van der Waals surface area contributed by atoms with Gasteiger partial charge in [-0.25, -0.2) is 9.89 Å². The van der Waals surface area contributed by atoms with Crippen LogP contribution in [0.4, 0.5) is 5.82 Å². The Labute approximate surface area is 101 Å². The highest BCUT2D eigenvalue weighted by atomic mass is 16.5. The Hall–Kier alpha value is -2.57. The van der Waals surface area contributed by atoms with E-state index in [0.717, 1.165) is 11.3 Å². The Kier molecular flexibility index (Phi) is 2.36. The third kappa shape index (κ3) is 1.75. The largest absolute Gasteiger partial charge is 0.491 e. The van der Waals surface area contributed by atoms with E-state index < -0.39 is 11.2 Å². The van der Waals surface area contributed by atoms with Crippen LogP contribution in [-0.2, 0) is 0 Å². The molecule has 1 aliphatic heterocycles. The van der Waals surface area contributed by atoms with E-state index in [0.29, 0.717) is 6.61 Å². The summed E-state index contributed by atoms with van der Waals surface area (Å²) in [5.74, 6) is 0.857. The first-order valence-electron chi connectivity index (χ1n) is 5.41. The van der Waals surface area contributed by atoms with Gasteiger partial charge in [-0.2, -0.15) is 0 Å². The summed E-state index contributed by atoms with van der Waals surface area (Å²) in [6.45, 7) is 0.416. The summed E-state index contributed by atoms with van der Waals surface area (Å²) in [7, 11) is 0. The maximum atomic E-state index is 11.5. The molecule has 2 aromatic rings. The lowest BCUT2D eigenvalue weighted by Gasteiger charge is -2.10. The number of rotatable bonds is 2. The predicted octanol–water partition coefficient (Wildman–Crippen LogP) is 0.00380. The Bertz CT molecular complexity index is 691. The van der Waals surface area contributed by atoms with Gasteiger partial charge in [0.15, 0.2) is 0 Å². The number of anilines is 1. The molecule has 1 aliphatic rings. The Morgan fingerprint density at radius 2 is 2.17 bits per heavy atom. The molecular weight excluding hydrogens is 236 g/mol. The van der Waals surface area contributed by atoms with Gasteiger partial charge >= 0.3 is 5.69 Å². The summed E-state index contributed by atoms with van der Waals surface area (Å²) in [6, 6.07) is 7.40. The molecule has 1 aromatic carbocycles. The van der Waals surface area contributed by atoms with Gasteiger partial charge in [0.05, 0.1) is 6.04 Å². The standard InChI is InChI=1S/C11H10N4O3/c16-10-9(14-15-11(17)13-10)12-7-5-18-8-4-2-1-3-6(7)8/h1-4,7H,5H2,(H,12,14)(H2,13,15,16,17). The Balaban J connectivity index is 1.91. The van der Waals surface area contributed by atoms with Crippen LogP contribution < -0.4 is 21.3 Å². The van der Waals surface area contributed by atoms with Gasteiger partial charge in [0, 0.05) is 5.56 Å². The van der Waals surface area contributed by atoms with Gasteiger partial charge in [-0.15, -0.1) is 5.10 Å². The zero-order chi connectivity index (χ0) is 12.5. The van der Waals surface area contributed by atoms with Gasteiger partial charge < -0.3 is 10.1 Å². The van der Waals surface area contributed by atoms with E-state index >= 15 is 0 Å². The monoisotopic (exact) mass is 246 g/mol. The smallest absolute Gasteiger partial charge is 0.342 e. The summed E-state index contributed by atoms with van der Waals surface area (Å²) < 4.78 is 5.47. The Morgan fingerprint density at radius 3 is 3.00 bits per heavy atom. The van der Waals surface area contributed by atoms with Crippen molar-refractivity contribution in [3.05, 3.63) is 50.7 Å². The number of hydrogen-bond acceptors (Lipinski definition) is 5. The van der Waals surface area contributed by atoms with E-state index in [9.17, 15) is 9.59 Å². The average molecular weight is 246 g/mol. The summed E-state index contributed by atoms with van der Waals surface area (Å²) in [4.78, 5) is 24.5. The molecule has 0 bridgehead atoms. The first-order valence-corrected chi connectivity index (χ1v) is 5.41. The van der Waals surface area contributed by atoms with Crippen LogP contribution in [0.25, 0.3) is 0 Å². The van der Waals surface area contributed by atoms with Crippen LogP contribution in [0.3, 0.4) is 0 Å². The second-order valence-electron chi connectivity index (χ2n) is 3.90. The summed E-state index contributed by atoms with van der Waals surface area (Å²) in [5.41, 5.74) is -0.221. The van der Waals surface area contributed by atoms with E-state index in [1.165, 1.54) is 0 Å². The van der Waals surface area contributed by atoms with Gasteiger partial charge in [0.25, 0.3) is 5.56 Å². The number of para-hydroxylation sites is 1. The minimum Gasteiger partial charge on any atom is -0.491 e. The maximum Gasteiger partial charge on any atom is 0.342 e. The Morgan fingerprint density at radius 1 is 1.33 bits per heavy atom. The quantitative estimate of drug-likeness (QED) is 0.692. The van der Waals surface area contributed by atoms with Gasteiger partial charge in [-0.1, -0.05) is 18.2 Å². The van der Waals surface area contributed by atoms with Gasteiger partial charge in [-0.05, 0) is 6.07 Å². The normalized spacial score (nSPS) is 17.0. The zero-order valence-electron chi connectivity index (χ0n) is 9.27. The zero-order valence-corrected chi connectivity index (χ0v) is 9.27. The number of fused-ring (bicyclic) bond motifs is 1. The van der Waals surface area contributed by atoms with Gasteiger partial charge in [0.2, 0.25) is 5.82 Å². The summed E-state index contributed by atoms with van der Waals surface area (Å²) >= 11 is 0. The minimum absolute atomic E-state index is 0.0694. The first-order chi connectivity index (χ1) is 8.74. The van der Waals surface area contributed by atoms with Crippen molar-refractivity contribution >= 4 is 5.82 Å². The fourth-order valence-corrected chi connectivity index (χ4v) is 1.89. The van der Waals surface area contributed by atoms with Crippen LogP contribution >= 0.6 is 0 Å². The average Bonchev–Trinajstić information content (AvgIpc) is 2.76. The van der Waals surface area contributed by atoms with Gasteiger partial charge in [-0.3, -0.25) is 9.78 Å². The maximum absolute atomic E-state index is 11.5. The lowest BCUT2D eigenvalue weighted by atomic mass is 10.1. The number of H-pyrrole nitrogens is 2. The van der Waals surface area contributed by atoms with E-state index in [-0.39, 0.29) is 11.9 Å². The second kappa shape index (κ2) is 4.02. The van der Waals surface area contributed by atoms with Crippen molar-refractivity contribution in [2.75, 3.05) is 11.9 Å². The molecule has 0 spiro atoms. The number of ether oxygens (including phenoxy) is 1. The van der Waals surface area contributed by atoms with Crippen LogP contribution in [0.1, 0.15) is 11.6 Å². The molecule has 0 saturated carbocycles. The third-order valence-corrected chi connectivity index (χ3v) is 2.72. The highest BCUT2D eigenvalue weighted by Crippen LogP contribution is 2.32. The van der Waals surface area contributed by atoms with Crippen molar-refractivity contribution in [1.29, 1.82) is 0 Å². The number of nitrogens with zero attached hydrogens (tertiary/aromatic N) is 1. The molecule has 0 fully saturated rings. The molecule has 7 heteroatoms. The lowest BCUT2D eigenvalue weighted by Crippen LogP contribution is -2.28. The van der Waals surface area contributed by atoms with Crippen molar-refractivity contribution in [1.82, 2.24) is 15.2 Å². The molecule has 1 atom stereocenters. The van der Waals surface area contributed by atoms with Crippen LogP contribution in [0.5, 0.6) is 5.75 Å². The molecule has 18 heavy (non-hydrogen) atoms. The molecule has 3 rings (SSSR count). The summed E-state index contributed by atoms with van der Waals surface area (Å²) in [5, 5.41) is 8.78. The minimum atomic E-state index is -0.631. The van der Waals surface area contributed by atoms with E-state index in [4.69, 9.17) is 4.74 Å². The molecule has 92 valence electrons. The second-order valence-corrected chi connectivity index (χ2v) is 3.90. The first kappa shape index (κ1) is 10.6. The molecule has 3 N–H and O–H groups in total. The fraction of sp³-hybridized carbons (Fsp3) is 0.182. The van der Waals surface area contributed by atoms with Crippen LogP contribution in [0.2, 0.25) is 0 Å². The topological polar surface area (TPSA) is 99.9 Å². The molecule has 1 aromatic heterocycles. The van der Waals surface area contributed by atoms with E-state index in [1.807, 2.05) is 24.3 Å². The molecule has 2 heterocycles. The van der Waals surface area contributed by atoms with Gasteiger partial charge in [0.1, 0.15) is 12.4 Å². The molecule has 1 unspecified atom stereocenters. The van der Waals surface area contributed by atoms with Crippen molar-refractivity contribution < 1.29 is 4.74 Å². The molecular formula is C11H10N4O3. The SMILES string of the molecule is O=c1[nH]nc(NC2COc3ccccc32)c(=O)[nH]1. The number of nitrogens with one attached hydrogen (secondary N) is 3. The predicted molar refractivity (Wildman–Crippen MR) is 63.8 cm³/mol.